The van der Waals surface area contributed by atoms with Crippen LogP contribution in [0.15, 0.2) is 109 Å². The zero-order valence-corrected chi connectivity index (χ0v) is 17.8. The number of aliphatic hydroxyl groups excluding tert-OH is 1. The molecule has 0 aliphatic carbocycles. The van der Waals surface area contributed by atoms with E-state index in [2.05, 4.69) is 109 Å². The van der Waals surface area contributed by atoms with Gasteiger partial charge in [0.15, 0.2) is 0 Å². The van der Waals surface area contributed by atoms with Gasteiger partial charge >= 0.3 is 0 Å². The molecule has 0 saturated heterocycles. The van der Waals surface area contributed by atoms with Crippen LogP contribution in [0, 0.1) is 0 Å². The second-order valence-corrected chi connectivity index (χ2v) is 8.58. The lowest BCUT2D eigenvalue weighted by atomic mass is 9.89. The maximum absolute atomic E-state index is 11.5. The van der Waals surface area contributed by atoms with Gasteiger partial charge in [-0.1, -0.05) is 97.1 Å². The van der Waals surface area contributed by atoms with Gasteiger partial charge in [0.2, 0.25) is 0 Å². The molecule has 0 aromatic heterocycles. The van der Waals surface area contributed by atoms with Crippen LogP contribution in [-0.2, 0) is 6.42 Å². The van der Waals surface area contributed by atoms with Gasteiger partial charge in [-0.25, -0.2) is 0 Å². The van der Waals surface area contributed by atoms with Gasteiger partial charge in [0.1, 0.15) is 0 Å². The van der Waals surface area contributed by atoms with Gasteiger partial charge in [0, 0.05) is 0 Å². The summed E-state index contributed by atoms with van der Waals surface area (Å²) in [5.74, 6) is 0. The predicted octanol–water partition coefficient (Wildman–Crippen LogP) is 7.97. The molecule has 6 aromatic rings. The summed E-state index contributed by atoms with van der Waals surface area (Å²) in [6.07, 6.45) is 0.958. The molecule has 6 aromatic carbocycles. The van der Waals surface area contributed by atoms with Crippen LogP contribution < -0.4 is 0 Å². The highest BCUT2D eigenvalue weighted by Gasteiger charge is 2.17. The Morgan fingerprint density at radius 1 is 0.500 bits per heavy atom. The Bertz CT molecular complexity index is 1490. The molecule has 0 aliphatic heterocycles. The number of rotatable bonds is 4. The molecule has 0 spiro atoms. The van der Waals surface area contributed by atoms with Crippen molar-refractivity contribution in [2.45, 2.75) is 18.9 Å². The molecule has 1 N–H and O–H groups in total. The van der Waals surface area contributed by atoms with Crippen LogP contribution in [0.5, 0.6) is 0 Å². The van der Waals surface area contributed by atoms with Crippen LogP contribution in [0.25, 0.3) is 43.1 Å². The highest BCUT2D eigenvalue weighted by molar-refractivity contribution is 6.03. The first kappa shape index (κ1) is 19.0. The zero-order valence-electron chi connectivity index (χ0n) is 17.8. The Morgan fingerprint density at radius 3 is 1.34 bits per heavy atom. The molecule has 6 rings (SSSR count). The first-order valence-corrected chi connectivity index (χ1v) is 11.3. The van der Waals surface area contributed by atoms with E-state index in [0.717, 1.165) is 22.8 Å². The largest absolute Gasteiger partial charge is 0.388 e. The zero-order chi connectivity index (χ0) is 21.5. The topological polar surface area (TPSA) is 20.2 Å². The normalized spacial score (nSPS) is 12.7. The average Bonchev–Trinajstić information content (AvgIpc) is 2.84. The SMILES string of the molecule is O[C@@H](CCc1c2ccccc2cc2ccccc12)c1c2ccccc2cc2ccccc12. The summed E-state index contributed by atoms with van der Waals surface area (Å²) in [6.45, 7) is 0. The lowest BCUT2D eigenvalue weighted by molar-refractivity contribution is 0.171. The van der Waals surface area contributed by atoms with Crippen molar-refractivity contribution in [2.24, 2.45) is 0 Å². The second kappa shape index (κ2) is 7.78. The van der Waals surface area contributed by atoms with Gasteiger partial charge in [0.25, 0.3) is 0 Å². The molecule has 1 heteroatoms. The molecule has 0 fully saturated rings. The highest BCUT2D eigenvalue weighted by Crippen LogP contribution is 2.36. The molecule has 32 heavy (non-hydrogen) atoms. The molecule has 0 saturated carbocycles. The smallest absolute Gasteiger partial charge is 0.0805 e. The van der Waals surface area contributed by atoms with Gasteiger partial charge in [-0.3, -0.25) is 0 Å². The summed E-state index contributed by atoms with van der Waals surface area (Å²) in [4.78, 5) is 0. The lowest BCUT2D eigenvalue weighted by Gasteiger charge is -2.18. The van der Waals surface area contributed by atoms with Crippen LogP contribution in [0.3, 0.4) is 0 Å². The van der Waals surface area contributed by atoms with E-state index in [-0.39, 0.29) is 0 Å². The van der Waals surface area contributed by atoms with E-state index in [1.165, 1.54) is 37.9 Å². The molecular formula is C31H24O. The van der Waals surface area contributed by atoms with Crippen molar-refractivity contribution in [3.8, 4) is 0 Å². The molecule has 1 nitrogen and oxygen atoms in total. The Kier molecular flexibility index (Phi) is 4.63. The molecular weight excluding hydrogens is 388 g/mol. The number of aryl methyl sites for hydroxylation is 1. The molecule has 0 radical (unpaired) electrons. The minimum absolute atomic E-state index is 0.538. The third kappa shape index (κ3) is 3.14. The molecule has 0 unspecified atom stereocenters. The summed E-state index contributed by atoms with van der Waals surface area (Å²) in [5.41, 5.74) is 2.37. The van der Waals surface area contributed by atoms with Crippen LogP contribution in [0.1, 0.15) is 23.7 Å². The van der Waals surface area contributed by atoms with Gasteiger partial charge < -0.3 is 5.11 Å². The predicted molar refractivity (Wildman–Crippen MR) is 136 cm³/mol. The Balaban J connectivity index is 1.47. The highest BCUT2D eigenvalue weighted by atomic mass is 16.3. The fourth-order valence-electron chi connectivity index (χ4n) is 5.21. The Labute approximate surface area is 187 Å². The third-order valence-corrected chi connectivity index (χ3v) is 6.70. The number of fused-ring (bicyclic) bond motifs is 4. The van der Waals surface area contributed by atoms with E-state index in [9.17, 15) is 5.11 Å². The van der Waals surface area contributed by atoms with Crippen LogP contribution in [0.2, 0.25) is 0 Å². The average molecular weight is 413 g/mol. The van der Waals surface area contributed by atoms with Crippen molar-refractivity contribution in [1.82, 2.24) is 0 Å². The summed E-state index contributed by atoms with van der Waals surface area (Å²) in [7, 11) is 0. The molecule has 0 heterocycles. The minimum Gasteiger partial charge on any atom is -0.388 e. The fraction of sp³-hybridized carbons (Fsp3) is 0.0968. The number of benzene rings is 6. The van der Waals surface area contributed by atoms with Crippen molar-refractivity contribution in [3.63, 3.8) is 0 Å². The quantitative estimate of drug-likeness (QED) is 0.291. The first-order chi connectivity index (χ1) is 15.8. The van der Waals surface area contributed by atoms with Crippen molar-refractivity contribution < 1.29 is 5.11 Å². The van der Waals surface area contributed by atoms with Gasteiger partial charge in [-0.2, -0.15) is 0 Å². The molecule has 0 amide bonds. The van der Waals surface area contributed by atoms with E-state index in [1.54, 1.807) is 0 Å². The Morgan fingerprint density at radius 2 is 0.875 bits per heavy atom. The maximum atomic E-state index is 11.5. The van der Waals surface area contributed by atoms with Crippen molar-refractivity contribution >= 4 is 43.1 Å². The van der Waals surface area contributed by atoms with Crippen LogP contribution in [0.4, 0.5) is 0 Å². The molecule has 154 valence electrons. The number of aliphatic hydroxyl groups is 1. The van der Waals surface area contributed by atoms with E-state index >= 15 is 0 Å². The van der Waals surface area contributed by atoms with Crippen molar-refractivity contribution in [2.75, 3.05) is 0 Å². The molecule has 1 atom stereocenters. The first-order valence-electron chi connectivity index (χ1n) is 11.3. The summed E-state index contributed by atoms with van der Waals surface area (Å²) in [5, 5.41) is 21.2. The standard InChI is InChI=1S/C31H24O/c32-30(31-27-15-7-3-11-23(27)20-24-12-4-8-16-28(24)31)18-17-29-25-13-5-1-9-21(25)19-22-10-2-6-14-26(22)29/h1-16,19-20,30,32H,17-18H2/t30-/m0/s1. The monoisotopic (exact) mass is 412 g/mol. The van der Waals surface area contributed by atoms with Crippen LogP contribution in [-0.4, -0.2) is 5.11 Å². The molecule has 0 aliphatic rings. The molecule has 0 bridgehead atoms. The maximum Gasteiger partial charge on any atom is 0.0805 e. The van der Waals surface area contributed by atoms with E-state index in [4.69, 9.17) is 0 Å². The number of hydrogen-bond acceptors (Lipinski definition) is 1. The minimum atomic E-state index is -0.538. The van der Waals surface area contributed by atoms with Gasteiger partial charge in [0.05, 0.1) is 6.10 Å². The lowest BCUT2D eigenvalue weighted by Crippen LogP contribution is -2.03. The summed E-state index contributed by atoms with van der Waals surface area (Å²) in [6, 6.07) is 38.4. The van der Waals surface area contributed by atoms with Gasteiger partial charge in [-0.15, -0.1) is 0 Å². The van der Waals surface area contributed by atoms with Crippen molar-refractivity contribution in [1.29, 1.82) is 0 Å². The van der Waals surface area contributed by atoms with Crippen molar-refractivity contribution in [3.05, 3.63) is 120 Å². The van der Waals surface area contributed by atoms with Gasteiger partial charge in [-0.05, 0) is 79.2 Å². The number of hydrogen-bond donors (Lipinski definition) is 1. The van der Waals surface area contributed by atoms with E-state index < -0.39 is 6.10 Å². The third-order valence-electron chi connectivity index (χ3n) is 6.70. The fourth-order valence-corrected chi connectivity index (χ4v) is 5.21. The second-order valence-electron chi connectivity index (χ2n) is 8.58. The Hall–Kier alpha value is -3.68. The van der Waals surface area contributed by atoms with E-state index in [0.29, 0.717) is 6.42 Å². The van der Waals surface area contributed by atoms with Crippen LogP contribution >= 0.6 is 0 Å². The van der Waals surface area contributed by atoms with E-state index in [1.807, 2.05) is 0 Å². The summed E-state index contributed by atoms with van der Waals surface area (Å²) < 4.78 is 0. The summed E-state index contributed by atoms with van der Waals surface area (Å²) >= 11 is 0.